The highest BCUT2D eigenvalue weighted by Crippen LogP contribution is 2.51. The smallest absolute Gasteiger partial charge is 0.228 e. The summed E-state index contributed by atoms with van der Waals surface area (Å²) >= 11 is 0. The Labute approximate surface area is 107 Å². The van der Waals surface area contributed by atoms with Gasteiger partial charge in [-0.2, -0.15) is 0 Å². The number of aryl methyl sites for hydroxylation is 1. The quantitative estimate of drug-likeness (QED) is 0.878. The zero-order valence-electron chi connectivity index (χ0n) is 10.8. The van der Waals surface area contributed by atoms with Crippen molar-refractivity contribution < 1.29 is 4.79 Å². The third-order valence-electron chi connectivity index (χ3n) is 4.15. The topological polar surface area (TPSA) is 59.2 Å². The maximum Gasteiger partial charge on any atom is 0.228 e. The molecule has 1 aliphatic carbocycles. The van der Waals surface area contributed by atoms with E-state index in [-0.39, 0.29) is 5.91 Å². The first-order chi connectivity index (χ1) is 8.63. The lowest BCUT2D eigenvalue weighted by Gasteiger charge is -2.23. The number of pyridine rings is 1. The summed E-state index contributed by atoms with van der Waals surface area (Å²) in [7, 11) is 0. The lowest BCUT2D eigenvalue weighted by atomic mass is 9.94. The molecule has 2 heterocycles. The molecule has 1 aliphatic heterocycles. The predicted octanol–water partition coefficient (Wildman–Crippen LogP) is 1.51. The average Bonchev–Trinajstić information content (AvgIpc) is 2.99. The summed E-state index contributed by atoms with van der Waals surface area (Å²) in [5.41, 5.74) is 7.31. The lowest BCUT2D eigenvalue weighted by Crippen LogP contribution is -2.31. The summed E-state index contributed by atoms with van der Waals surface area (Å²) in [4.78, 5) is 18.6. The van der Waals surface area contributed by atoms with Crippen molar-refractivity contribution in [2.75, 3.05) is 18.0 Å². The summed E-state index contributed by atoms with van der Waals surface area (Å²) in [6, 6.07) is 2.10. The maximum absolute atomic E-state index is 11.7. The van der Waals surface area contributed by atoms with Crippen LogP contribution in [0.1, 0.15) is 36.8 Å². The van der Waals surface area contributed by atoms with Crippen LogP contribution in [-0.4, -0.2) is 24.0 Å². The van der Waals surface area contributed by atoms with E-state index in [2.05, 4.69) is 16.0 Å². The molecule has 1 saturated heterocycles. The summed E-state index contributed by atoms with van der Waals surface area (Å²) < 4.78 is 0. The van der Waals surface area contributed by atoms with Gasteiger partial charge in [-0.05, 0) is 44.2 Å². The summed E-state index contributed by atoms with van der Waals surface area (Å²) in [6.07, 6.45) is 6.04. The van der Waals surface area contributed by atoms with Gasteiger partial charge in [0.05, 0.1) is 5.41 Å². The van der Waals surface area contributed by atoms with E-state index < -0.39 is 5.41 Å². The molecule has 96 valence electrons. The van der Waals surface area contributed by atoms with Crippen LogP contribution < -0.4 is 10.6 Å². The fraction of sp³-hybridized carbons (Fsp3) is 0.571. The highest BCUT2D eigenvalue weighted by atomic mass is 16.1. The van der Waals surface area contributed by atoms with Gasteiger partial charge in [0.25, 0.3) is 0 Å². The minimum absolute atomic E-state index is 0.199. The minimum Gasteiger partial charge on any atom is -0.369 e. The van der Waals surface area contributed by atoms with Gasteiger partial charge in [-0.15, -0.1) is 0 Å². The van der Waals surface area contributed by atoms with E-state index in [1.54, 1.807) is 0 Å². The molecular weight excluding hydrogens is 226 g/mol. The molecular formula is C14H19N3O. The number of primary amides is 1. The zero-order chi connectivity index (χ0) is 12.8. The number of hydrogen-bond donors (Lipinski definition) is 1. The maximum atomic E-state index is 11.7. The van der Waals surface area contributed by atoms with Crippen molar-refractivity contribution in [2.24, 2.45) is 5.73 Å². The molecule has 0 atom stereocenters. The molecule has 1 aromatic rings. The normalized spacial score (nSPS) is 21.1. The van der Waals surface area contributed by atoms with Crippen LogP contribution in [0.5, 0.6) is 0 Å². The molecule has 0 spiro atoms. The van der Waals surface area contributed by atoms with Crippen molar-refractivity contribution in [2.45, 2.75) is 38.0 Å². The molecule has 0 unspecified atom stereocenters. The second-order valence-corrected chi connectivity index (χ2v) is 5.52. The second-order valence-electron chi connectivity index (χ2n) is 5.52. The number of carbonyl (C=O) groups excluding carboxylic acids is 1. The third kappa shape index (κ3) is 1.67. The van der Waals surface area contributed by atoms with Gasteiger partial charge in [0.15, 0.2) is 0 Å². The summed E-state index contributed by atoms with van der Waals surface area (Å²) in [6.45, 7) is 4.09. The molecule has 1 saturated carbocycles. The first-order valence-electron chi connectivity index (χ1n) is 6.65. The van der Waals surface area contributed by atoms with E-state index in [0.717, 1.165) is 42.9 Å². The van der Waals surface area contributed by atoms with Crippen LogP contribution in [0.3, 0.4) is 0 Å². The van der Waals surface area contributed by atoms with Crippen molar-refractivity contribution in [3.8, 4) is 0 Å². The Kier molecular flexibility index (Phi) is 2.54. The van der Waals surface area contributed by atoms with Gasteiger partial charge in [-0.1, -0.05) is 0 Å². The number of anilines is 1. The molecule has 0 aromatic carbocycles. The molecule has 0 radical (unpaired) electrons. The highest BCUT2D eigenvalue weighted by Gasteiger charge is 2.52. The lowest BCUT2D eigenvalue weighted by molar-refractivity contribution is -0.120. The fourth-order valence-corrected chi connectivity index (χ4v) is 2.87. The standard InChI is InChI=1S/C14H19N3O/c1-10-8-11(14(4-5-14)13(15)18)12(16-9-10)17-6-2-3-7-17/h8-9H,2-7H2,1H3,(H2,15,18). The van der Waals surface area contributed by atoms with Crippen LogP contribution in [-0.2, 0) is 10.2 Å². The molecule has 0 bridgehead atoms. The van der Waals surface area contributed by atoms with Crippen molar-refractivity contribution >= 4 is 11.7 Å². The SMILES string of the molecule is Cc1cnc(N2CCCC2)c(C2(C(N)=O)CC2)c1. The van der Waals surface area contributed by atoms with Gasteiger partial charge in [-0.25, -0.2) is 4.98 Å². The van der Waals surface area contributed by atoms with Gasteiger partial charge in [-0.3, -0.25) is 4.79 Å². The molecule has 4 heteroatoms. The van der Waals surface area contributed by atoms with E-state index >= 15 is 0 Å². The van der Waals surface area contributed by atoms with Crippen LogP contribution in [0, 0.1) is 6.92 Å². The fourth-order valence-electron chi connectivity index (χ4n) is 2.87. The van der Waals surface area contributed by atoms with Gasteiger partial charge < -0.3 is 10.6 Å². The van der Waals surface area contributed by atoms with Crippen LogP contribution >= 0.6 is 0 Å². The van der Waals surface area contributed by atoms with Crippen molar-refractivity contribution in [1.29, 1.82) is 0 Å². The van der Waals surface area contributed by atoms with Crippen LogP contribution in [0.4, 0.5) is 5.82 Å². The molecule has 4 nitrogen and oxygen atoms in total. The second kappa shape index (κ2) is 3.97. The number of rotatable bonds is 3. The Morgan fingerprint density at radius 1 is 1.39 bits per heavy atom. The zero-order valence-corrected chi connectivity index (χ0v) is 10.8. The number of nitrogens with zero attached hydrogens (tertiary/aromatic N) is 2. The predicted molar refractivity (Wildman–Crippen MR) is 70.5 cm³/mol. The Bertz CT molecular complexity index is 488. The van der Waals surface area contributed by atoms with Gasteiger partial charge in [0, 0.05) is 24.8 Å². The van der Waals surface area contributed by atoms with Crippen molar-refractivity contribution in [3.63, 3.8) is 0 Å². The van der Waals surface area contributed by atoms with E-state index in [1.165, 1.54) is 12.8 Å². The molecule has 2 aliphatic rings. The number of aromatic nitrogens is 1. The van der Waals surface area contributed by atoms with Crippen LogP contribution in [0.25, 0.3) is 0 Å². The number of nitrogens with two attached hydrogens (primary N) is 1. The molecule has 2 N–H and O–H groups in total. The number of hydrogen-bond acceptors (Lipinski definition) is 3. The Balaban J connectivity index is 2.06. The Morgan fingerprint density at radius 3 is 2.61 bits per heavy atom. The van der Waals surface area contributed by atoms with Gasteiger partial charge in [0.2, 0.25) is 5.91 Å². The summed E-state index contributed by atoms with van der Waals surface area (Å²) in [5.74, 6) is 0.782. The van der Waals surface area contributed by atoms with Crippen molar-refractivity contribution in [3.05, 3.63) is 23.4 Å². The molecule has 18 heavy (non-hydrogen) atoms. The van der Waals surface area contributed by atoms with Crippen molar-refractivity contribution in [1.82, 2.24) is 4.98 Å². The molecule has 2 fully saturated rings. The van der Waals surface area contributed by atoms with E-state index in [9.17, 15) is 4.79 Å². The van der Waals surface area contributed by atoms with E-state index in [0.29, 0.717) is 0 Å². The van der Waals surface area contributed by atoms with Gasteiger partial charge >= 0.3 is 0 Å². The van der Waals surface area contributed by atoms with Crippen LogP contribution in [0.2, 0.25) is 0 Å². The largest absolute Gasteiger partial charge is 0.369 e. The van der Waals surface area contributed by atoms with E-state index in [4.69, 9.17) is 5.73 Å². The Hall–Kier alpha value is -1.58. The highest BCUT2D eigenvalue weighted by molar-refractivity contribution is 5.91. The summed E-state index contributed by atoms with van der Waals surface area (Å²) in [5, 5.41) is 0. The minimum atomic E-state index is -0.434. The molecule has 1 amide bonds. The third-order valence-corrected chi connectivity index (χ3v) is 4.15. The molecule has 1 aromatic heterocycles. The van der Waals surface area contributed by atoms with E-state index in [1.807, 2.05) is 13.1 Å². The average molecular weight is 245 g/mol. The Morgan fingerprint density at radius 2 is 2.06 bits per heavy atom. The van der Waals surface area contributed by atoms with Crippen LogP contribution in [0.15, 0.2) is 12.3 Å². The number of carbonyl (C=O) groups is 1. The number of amides is 1. The monoisotopic (exact) mass is 245 g/mol. The first kappa shape index (κ1) is 11.5. The van der Waals surface area contributed by atoms with Gasteiger partial charge in [0.1, 0.15) is 5.82 Å². The molecule has 3 rings (SSSR count). The first-order valence-corrected chi connectivity index (χ1v) is 6.65.